The number of hydrogen-bond acceptors (Lipinski definition) is 4. The molecular formula is C16H23NO4. The van der Waals surface area contributed by atoms with Crippen LogP contribution in [0.3, 0.4) is 0 Å². The van der Waals surface area contributed by atoms with Crippen LogP contribution < -0.4 is 0 Å². The molecule has 0 radical (unpaired) electrons. The number of ether oxygens (including phenoxy) is 2. The van der Waals surface area contributed by atoms with Crippen LogP contribution >= 0.6 is 0 Å². The quantitative estimate of drug-likeness (QED) is 0.567. The van der Waals surface area contributed by atoms with Crippen LogP contribution in [-0.2, 0) is 19.1 Å². The van der Waals surface area contributed by atoms with Gasteiger partial charge in [0.2, 0.25) is 5.91 Å². The van der Waals surface area contributed by atoms with Gasteiger partial charge in [0.1, 0.15) is 11.5 Å². The van der Waals surface area contributed by atoms with Crippen molar-refractivity contribution in [1.29, 1.82) is 0 Å². The lowest BCUT2D eigenvalue weighted by molar-refractivity contribution is -0.153. The van der Waals surface area contributed by atoms with Crippen LogP contribution in [0.15, 0.2) is 12.2 Å². The van der Waals surface area contributed by atoms with E-state index in [0.717, 1.165) is 6.42 Å². The first kappa shape index (κ1) is 14.6. The fourth-order valence-electron chi connectivity index (χ4n) is 3.74. The summed E-state index contributed by atoms with van der Waals surface area (Å²) in [6.45, 7) is 7.78. The lowest BCUT2D eigenvalue weighted by Crippen LogP contribution is -2.40. The molecule has 3 aliphatic rings. The van der Waals surface area contributed by atoms with Crippen LogP contribution in [-0.4, -0.2) is 48.2 Å². The highest BCUT2D eigenvalue weighted by atomic mass is 16.6. The molecule has 3 aliphatic heterocycles. The predicted molar refractivity (Wildman–Crippen MR) is 76.4 cm³/mol. The standard InChI is InChI=1S/C16H23NO4/c1-4-7-20-15(19)12-11-5-6-16(21-11)9-17(8-10(2)3)14(18)13(12)16/h5-6,10-13H,4,7-9H2,1-3H3. The number of fused-ring (bicyclic) bond motifs is 1. The van der Waals surface area contributed by atoms with Gasteiger partial charge in [-0.2, -0.15) is 0 Å². The van der Waals surface area contributed by atoms with Crippen LogP contribution in [0.5, 0.6) is 0 Å². The topological polar surface area (TPSA) is 55.8 Å². The van der Waals surface area contributed by atoms with Crippen LogP contribution in [0, 0.1) is 17.8 Å². The van der Waals surface area contributed by atoms with Gasteiger partial charge in [-0.05, 0) is 12.3 Å². The number of esters is 1. The van der Waals surface area contributed by atoms with Crippen molar-refractivity contribution in [2.45, 2.75) is 38.9 Å². The Labute approximate surface area is 125 Å². The Morgan fingerprint density at radius 1 is 1.57 bits per heavy atom. The van der Waals surface area contributed by atoms with Crippen LogP contribution in [0.2, 0.25) is 0 Å². The Bertz CT molecular complexity index is 487. The van der Waals surface area contributed by atoms with E-state index >= 15 is 0 Å². The summed E-state index contributed by atoms with van der Waals surface area (Å²) in [5.74, 6) is -0.746. The van der Waals surface area contributed by atoms with Gasteiger partial charge in [0, 0.05) is 6.54 Å². The summed E-state index contributed by atoms with van der Waals surface area (Å²) in [5.41, 5.74) is -0.605. The first-order chi connectivity index (χ1) is 9.98. The smallest absolute Gasteiger partial charge is 0.312 e. The molecule has 4 unspecified atom stereocenters. The maximum absolute atomic E-state index is 12.7. The second-order valence-corrected chi connectivity index (χ2v) is 6.68. The van der Waals surface area contributed by atoms with Gasteiger partial charge in [-0.25, -0.2) is 0 Å². The zero-order valence-corrected chi connectivity index (χ0v) is 12.9. The predicted octanol–water partition coefficient (Wildman–Crippen LogP) is 1.38. The summed E-state index contributed by atoms with van der Waals surface area (Å²) >= 11 is 0. The van der Waals surface area contributed by atoms with E-state index in [1.165, 1.54) is 0 Å². The van der Waals surface area contributed by atoms with Crippen molar-refractivity contribution in [2.24, 2.45) is 17.8 Å². The number of carbonyl (C=O) groups is 2. The van der Waals surface area contributed by atoms with Gasteiger partial charge in [0.05, 0.1) is 25.2 Å². The number of rotatable bonds is 5. The van der Waals surface area contributed by atoms with Crippen molar-refractivity contribution in [3.63, 3.8) is 0 Å². The fourth-order valence-corrected chi connectivity index (χ4v) is 3.74. The molecule has 0 aromatic carbocycles. The maximum atomic E-state index is 12.7. The Hall–Kier alpha value is -1.36. The molecule has 116 valence electrons. The van der Waals surface area contributed by atoms with Crippen molar-refractivity contribution < 1.29 is 19.1 Å². The van der Waals surface area contributed by atoms with Crippen molar-refractivity contribution >= 4 is 11.9 Å². The molecule has 2 fully saturated rings. The first-order valence-corrected chi connectivity index (χ1v) is 7.81. The molecule has 0 aromatic heterocycles. The minimum absolute atomic E-state index is 0.0361. The summed E-state index contributed by atoms with van der Waals surface area (Å²) in [5, 5.41) is 0. The first-order valence-electron chi connectivity index (χ1n) is 7.81. The third-order valence-electron chi connectivity index (χ3n) is 4.48. The normalized spacial score (nSPS) is 36.7. The molecule has 0 saturated carbocycles. The molecule has 0 N–H and O–H groups in total. The highest BCUT2D eigenvalue weighted by molar-refractivity contribution is 5.91. The molecule has 0 aliphatic carbocycles. The highest BCUT2D eigenvalue weighted by Crippen LogP contribution is 2.52. The number of carbonyl (C=O) groups excluding carboxylic acids is 2. The Kier molecular flexibility index (Phi) is 3.56. The molecule has 21 heavy (non-hydrogen) atoms. The summed E-state index contributed by atoms with van der Waals surface area (Å²) in [4.78, 5) is 26.8. The molecule has 5 nitrogen and oxygen atoms in total. The van der Waals surface area contributed by atoms with E-state index in [2.05, 4.69) is 13.8 Å². The molecule has 2 bridgehead atoms. The van der Waals surface area contributed by atoms with Gasteiger partial charge in [0.25, 0.3) is 0 Å². The second kappa shape index (κ2) is 5.13. The van der Waals surface area contributed by atoms with Crippen molar-refractivity contribution in [2.75, 3.05) is 19.7 Å². The lowest BCUT2D eigenvalue weighted by atomic mass is 9.77. The van der Waals surface area contributed by atoms with E-state index in [9.17, 15) is 9.59 Å². The highest BCUT2D eigenvalue weighted by Gasteiger charge is 2.67. The summed E-state index contributed by atoms with van der Waals surface area (Å²) in [6.07, 6.45) is 4.37. The van der Waals surface area contributed by atoms with Crippen LogP contribution in [0.1, 0.15) is 27.2 Å². The molecule has 3 rings (SSSR count). The van der Waals surface area contributed by atoms with Gasteiger partial charge in [-0.3, -0.25) is 9.59 Å². The van der Waals surface area contributed by atoms with Crippen LogP contribution in [0.4, 0.5) is 0 Å². The fraction of sp³-hybridized carbons (Fsp3) is 0.750. The average molecular weight is 293 g/mol. The van der Waals surface area contributed by atoms with Crippen molar-refractivity contribution in [3.8, 4) is 0 Å². The molecule has 0 aromatic rings. The van der Waals surface area contributed by atoms with Gasteiger partial charge < -0.3 is 14.4 Å². The summed E-state index contributed by atoms with van der Waals surface area (Å²) < 4.78 is 11.3. The largest absolute Gasteiger partial charge is 0.465 e. The number of hydrogen-bond donors (Lipinski definition) is 0. The minimum atomic E-state index is -0.605. The van der Waals surface area contributed by atoms with E-state index in [-0.39, 0.29) is 18.0 Å². The molecule has 2 saturated heterocycles. The Morgan fingerprint density at radius 2 is 2.33 bits per heavy atom. The molecule has 4 atom stereocenters. The minimum Gasteiger partial charge on any atom is -0.465 e. The molecule has 1 spiro atoms. The third-order valence-corrected chi connectivity index (χ3v) is 4.48. The van der Waals surface area contributed by atoms with E-state index in [1.54, 1.807) is 0 Å². The molecule has 5 heteroatoms. The zero-order valence-electron chi connectivity index (χ0n) is 12.9. The van der Waals surface area contributed by atoms with Crippen LogP contribution in [0.25, 0.3) is 0 Å². The number of amides is 1. The SMILES string of the molecule is CCCOC(=O)C1C2C=CC3(CN(CC(C)C)C(=O)C13)O2. The van der Waals surface area contributed by atoms with Gasteiger partial charge in [-0.1, -0.05) is 32.9 Å². The Morgan fingerprint density at radius 3 is 3.00 bits per heavy atom. The van der Waals surface area contributed by atoms with Gasteiger partial charge in [0.15, 0.2) is 0 Å². The van der Waals surface area contributed by atoms with E-state index in [0.29, 0.717) is 25.6 Å². The van der Waals surface area contributed by atoms with Gasteiger partial charge >= 0.3 is 5.97 Å². The lowest BCUT2D eigenvalue weighted by Gasteiger charge is -2.22. The Balaban J connectivity index is 1.82. The number of likely N-dealkylation sites (tertiary alicyclic amines) is 1. The third kappa shape index (κ3) is 2.18. The monoisotopic (exact) mass is 293 g/mol. The van der Waals surface area contributed by atoms with Crippen molar-refractivity contribution in [3.05, 3.63) is 12.2 Å². The molecular weight excluding hydrogens is 270 g/mol. The maximum Gasteiger partial charge on any atom is 0.312 e. The van der Waals surface area contributed by atoms with Gasteiger partial charge in [-0.15, -0.1) is 0 Å². The summed E-state index contributed by atoms with van der Waals surface area (Å²) in [7, 11) is 0. The molecule has 1 amide bonds. The van der Waals surface area contributed by atoms with E-state index < -0.39 is 17.4 Å². The molecule has 3 heterocycles. The van der Waals surface area contributed by atoms with E-state index in [1.807, 2.05) is 24.0 Å². The van der Waals surface area contributed by atoms with E-state index in [4.69, 9.17) is 9.47 Å². The zero-order chi connectivity index (χ0) is 15.2. The number of nitrogens with zero attached hydrogens (tertiary/aromatic N) is 1. The summed E-state index contributed by atoms with van der Waals surface area (Å²) in [6, 6.07) is 0. The average Bonchev–Trinajstić information content (AvgIpc) is 3.04. The van der Waals surface area contributed by atoms with Crippen molar-refractivity contribution in [1.82, 2.24) is 4.90 Å². The second-order valence-electron chi connectivity index (χ2n) is 6.68.